The van der Waals surface area contributed by atoms with Crippen LogP contribution in [0.3, 0.4) is 0 Å². The molecule has 0 unspecified atom stereocenters. The first kappa shape index (κ1) is 26.8. The third kappa shape index (κ3) is 6.01. The number of ether oxygens (including phenoxy) is 2. The first-order valence-electron chi connectivity index (χ1n) is 12.5. The van der Waals surface area contributed by atoms with Crippen molar-refractivity contribution in [2.24, 2.45) is 5.73 Å². The predicted octanol–water partition coefficient (Wildman–Crippen LogP) is 4.66. The molecule has 2 amide bonds. The molecule has 0 spiro atoms. The number of nitrogens with zero attached hydrogens (tertiary/aromatic N) is 2. The highest BCUT2D eigenvalue weighted by Crippen LogP contribution is 2.27. The van der Waals surface area contributed by atoms with Crippen LogP contribution in [0.4, 0.5) is 11.4 Å². The van der Waals surface area contributed by atoms with Gasteiger partial charge in [0.05, 0.1) is 30.5 Å². The molecule has 4 aromatic rings. The van der Waals surface area contributed by atoms with Gasteiger partial charge >= 0.3 is 0 Å². The Morgan fingerprint density at radius 1 is 1.08 bits per heavy atom. The molecule has 4 N–H and O–H groups in total. The molecule has 0 bridgehead atoms. The molecule has 4 rings (SSSR count). The molecule has 0 aliphatic rings. The quantitative estimate of drug-likeness (QED) is 0.250. The fourth-order valence-electron chi connectivity index (χ4n) is 4.25. The molecule has 0 saturated carbocycles. The van der Waals surface area contributed by atoms with E-state index in [0.29, 0.717) is 47.8 Å². The van der Waals surface area contributed by atoms with Crippen molar-refractivity contribution in [3.05, 3.63) is 83.2 Å². The van der Waals surface area contributed by atoms with Gasteiger partial charge in [-0.15, -0.1) is 0 Å². The van der Waals surface area contributed by atoms with Crippen LogP contribution in [0, 0.1) is 6.92 Å². The highest BCUT2D eigenvalue weighted by Gasteiger charge is 2.21. The van der Waals surface area contributed by atoms with Crippen LogP contribution >= 0.6 is 0 Å². The number of hydrogen-bond acceptors (Lipinski definition) is 6. The number of amides is 2. The smallest absolute Gasteiger partial charge is 0.259 e. The first-order valence-corrected chi connectivity index (χ1v) is 12.5. The number of methoxy groups -OCH3 is 1. The summed E-state index contributed by atoms with van der Waals surface area (Å²) < 4.78 is 11.3. The molecule has 0 atom stereocenters. The number of nitrogens with two attached hydrogens (primary N) is 1. The van der Waals surface area contributed by atoms with E-state index in [0.717, 1.165) is 35.4 Å². The largest absolute Gasteiger partial charge is 0.496 e. The number of nitrogens with one attached hydrogen (secondary N) is 2. The van der Waals surface area contributed by atoms with E-state index in [9.17, 15) is 9.59 Å². The maximum absolute atomic E-state index is 13.4. The van der Waals surface area contributed by atoms with E-state index in [-0.39, 0.29) is 11.8 Å². The van der Waals surface area contributed by atoms with Crippen molar-refractivity contribution in [1.29, 1.82) is 0 Å². The van der Waals surface area contributed by atoms with E-state index in [1.807, 2.05) is 43.3 Å². The average Bonchev–Trinajstić information content (AvgIpc) is 3.33. The van der Waals surface area contributed by atoms with Crippen LogP contribution in [0.1, 0.15) is 44.9 Å². The number of imidazole rings is 1. The van der Waals surface area contributed by atoms with Gasteiger partial charge in [0.1, 0.15) is 17.1 Å². The lowest BCUT2D eigenvalue weighted by Crippen LogP contribution is -2.27. The molecular formula is C29H33N5O4. The zero-order valence-corrected chi connectivity index (χ0v) is 21.9. The van der Waals surface area contributed by atoms with Crippen LogP contribution in [0.5, 0.6) is 5.75 Å². The number of H-pyrrole nitrogens is 1. The van der Waals surface area contributed by atoms with Crippen molar-refractivity contribution < 1.29 is 19.1 Å². The highest BCUT2D eigenvalue weighted by atomic mass is 16.5. The van der Waals surface area contributed by atoms with Gasteiger partial charge in [0, 0.05) is 30.5 Å². The second-order valence-electron chi connectivity index (χ2n) is 8.93. The molecule has 0 aliphatic heterocycles. The number of rotatable bonds is 11. The van der Waals surface area contributed by atoms with Crippen molar-refractivity contribution in [3.63, 3.8) is 0 Å². The van der Waals surface area contributed by atoms with Gasteiger partial charge in [0.2, 0.25) is 0 Å². The Hall–Kier alpha value is -4.21. The summed E-state index contributed by atoms with van der Waals surface area (Å²) in [5.74, 6) is 0.455. The minimum Gasteiger partial charge on any atom is -0.496 e. The third-order valence-corrected chi connectivity index (χ3v) is 6.23. The van der Waals surface area contributed by atoms with Crippen molar-refractivity contribution >= 4 is 34.2 Å². The summed E-state index contributed by atoms with van der Waals surface area (Å²) in [6.07, 6.45) is 1.80. The summed E-state index contributed by atoms with van der Waals surface area (Å²) in [6, 6.07) is 18.0. The number of benzene rings is 3. The number of hydrogen-bond donors (Lipinski definition) is 3. The molecule has 1 aromatic heterocycles. The van der Waals surface area contributed by atoms with Gasteiger partial charge in [-0.1, -0.05) is 24.3 Å². The van der Waals surface area contributed by atoms with Crippen LogP contribution in [0.2, 0.25) is 0 Å². The number of aromatic nitrogens is 2. The lowest BCUT2D eigenvalue weighted by molar-refractivity contribution is 0.0985. The van der Waals surface area contributed by atoms with Crippen molar-refractivity contribution in [1.82, 2.24) is 9.97 Å². The van der Waals surface area contributed by atoms with E-state index in [4.69, 9.17) is 15.2 Å². The van der Waals surface area contributed by atoms with Crippen LogP contribution in [0.25, 0.3) is 11.0 Å². The summed E-state index contributed by atoms with van der Waals surface area (Å²) in [4.78, 5) is 35.7. The molecular weight excluding hydrogens is 482 g/mol. The first-order chi connectivity index (χ1) is 18.4. The molecule has 1 heterocycles. The number of carbonyl (C=O) groups excluding carboxylic acids is 2. The lowest BCUT2D eigenvalue weighted by Gasteiger charge is -2.21. The van der Waals surface area contributed by atoms with E-state index in [1.54, 1.807) is 36.2 Å². The molecule has 0 fully saturated rings. The zero-order chi connectivity index (χ0) is 27.1. The molecule has 9 heteroatoms. The molecule has 3 aromatic carbocycles. The number of carbonyl (C=O) groups is 2. The summed E-state index contributed by atoms with van der Waals surface area (Å²) >= 11 is 0. The van der Waals surface area contributed by atoms with Crippen LogP contribution in [-0.2, 0) is 11.3 Å². The van der Waals surface area contributed by atoms with Crippen molar-refractivity contribution in [2.45, 2.75) is 26.4 Å². The summed E-state index contributed by atoms with van der Waals surface area (Å²) in [5, 5.41) is 2.91. The van der Waals surface area contributed by atoms with E-state index >= 15 is 0 Å². The molecule has 9 nitrogen and oxygen atoms in total. The molecule has 0 radical (unpaired) electrons. The van der Waals surface area contributed by atoms with E-state index < -0.39 is 0 Å². The van der Waals surface area contributed by atoms with Gasteiger partial charge in [0.15, 0.2) is 0 Å². The summed E-state index contributed by atoms with van der Waals surface area (Å²) in [6.45, 7) is 3.50. The minimum absolute atomic E-state index is 0.234. The van der Waals surface area contributed by atoms with Crippen LogP contribution < -0.4 is 20.7 Å². The topological polar surface area (TPSA) is 123 Å². The van der Waals surface area contributed by atoms with Gasteiger partial charge < -0.3 is 30.4 Å². The normalized spacial score (nSPS) is 10.9. The maximum Gasteiger partial charge on any atom is 0.259 e. The number of unbranched alkanes of at least 4 members (excludes halogenated alkanes) is 1. The Bertz CT molecular complexity index is 1430. The Labute approximate surface area is 222 Å². The predicted molar refractivity (Wildman–Crippen MR) is 149 cm³/mol. The Kier molecular flexibility index (Phi) is 8.73. The summed E-state index contributed by atoms with van der Waals surface area (Å²) in [7, 11) is 3.19. The van der Waals surface area contributed by atoms with Gasteiger partial charge in [-0.05, 0) is 62.7 Å². The second kappa shape index (κ2) is 12.4. The number of fused-ring (bicyclic) bond motifs is 1. The van der Waals surface area contributed by atoms with Gasteiger partial charge in [-0.3, -0.25) is 9.59 Å². The van der Waals surface area contributed by atoms with Crippen molar-refractivity contribution in [3.8, 4) is 5.75 Å². The van der Waals surface area contributed by atoms with E-state index in [2.05, 4.69) is 15.3 Å². The fraction of sp³-hybridized carbons (Fsp3) is 0.276. The van der Waals surface area contributed by atoms with Crippen molar-refractivity contribution in [2.75, 3.05) is 37.5 Å². The monoisotopic (exact) mass is 515 g/mol. The van der Waals surface area contributed by atoms with Crippen LogP contribution in [0.15, 0.2) is 60.7 Å². The van der Waals surface area contributed by atoms with Gasteiger partial charge in [0.25, 0.3) is 11.8 Å². The summed E-state index contributed by atoms with van der Waals surface area (Å²) in [5.41, 5.74) is 9.99. The Morgan fingerprint density at radius 2 is 1.89 bits per heavy atom. The molecule has 0 aliphatic carbocycles. The molecule has 0 saturated heterocycles. The SMILES string of the molecule is COc1cc(C(=O)N(C)c2ccccc2COCCCCN)ccc1C(=O)Nc1cccc2[nH]c(C)nc12. The third-order valence-electron chi connectivity index (χ3n) is 6.23. The standard InChI is InChI=1S/C29H33N5O4/c1-19-31-23-10-8-11-24(27(23)32-19)33-28(35)22-14-13-20(17-26(22)37-3)29(36)34(2)25-12-5-4-9-21(25)18-38-16-7-6-15-30/h4-5,8-14,17H,6-7,15-16,18,30H2,1-3H3,(H,31,32)(H,33,35). The number of aromatic amines is 1. The van der Waals surface area contributed by atoms with Gasteiger partial charge in [-0.2, -0.15) is 0 Å². The fourth-order valence-corrected chi connectivity index (χ4v) is 4.25. The molecule has 38 heavy (non-hydrogen) atoms. The Morgan fingerprint density at radius 3 is 2.68 bits per heavy atom. The second-order valence-corrected chi connectivity index (χ2v) is 8.93. The zero-order valence-electron chi connectivity index (χ0n) is 21.9. The maximum atomic E-state index is 13.4. The minimum atomic E-state index is -0.362. The van der Waals surface area contributed by atoms with Crippen LogP contribution in [-0.4, -0.2) is 49.1 Å². The average molecular weight is 516 g/mol. The lowest BCUT2D eigenvalue weighted by atomic mass is 10.1. The number of anilines is 2. The highest BCUT2D eigenvalue weighted by molar-refractivity contribution is 6.11. The number of para-hydroxylation sites is 2. The number of aryl methyl sites for hydroxylation is 1. The molecule has 198 valence electrons. The van der Waals surface area contributed by atoms with Gasteiger partial charge in [-0.25, -0.2) is 4.98 Å². The van der Waals surface area contributed by atoms with E-state index in [1.165, 1.54) is 7.11 Å². The Balaban J connectivity index is 1.51.